The minimum Gasteiger partial charge on any atom is -0.387 e. The highest BCUT2D eigenvalue weighted by Gasteiger charge is 2.52. The van der Waals surface area contributed by atoms with Crippen LogP contribution in [0.2, 0.25) is 0 Å². The number of rotatable bonds is 12. The molecule has 1 aromatic rings. The molecule has 2 N–H and O–H groups in total. The summed E-state index contributed by atoms with van der Waals surface area (Å²) in [6.45, 7) is 11.9. The summed E-state index contributed by atoms with van der Waals surface area (Å²) in [7, 11) is 0. The van der Waals surface area contributed by atoms with E-state index in [1.807, 2.05) is 30.3 Å². The van der Waals surface area contributed by atoms with Crippen LogP contribution < -0.4 is 0 Å². The number of hydrogen-bond acceptors (Lipinski definition) is 6. The summed E-state index contributed by atoms with van der Waals surface area (Å²) in [6, 6.07) is 9.66. The van der Waals surface area contributed by atoms with Gasteiger partial charge >= 0.3 is 0 Å². The monoisotopic (exact) mass is 390 g/mol. The van der Waals surface area contributed by atoms with E-state index in [-0.39, 0.29) is 19.8 Å². The van der Waals surface area contributed by atoms with Crippen molar-refractivity contribution in [2.24, 2.45) is 0 Å². The fraction of sp³-hybridized carbons (Fsp3) is 0.455. The lowest BCUT2D eigenvalue weighted by Crippen LogP contribution is -2.66. The Morgan fingerprint density at radius 3 is 1.57 bits per heavy atom. The molecule has 1 fully saturated rings. The van der Waals surface area contributed by atoms with Gasteiger partial charge in [0.25, 0.3) is 0 Å². The van der Waals surface area contributed by atoms with Crippen LogP contribution in [0.5, 0.6) is 0 Å². The van der Waals surface area contributed by atoms with E-state index in [4.69, 9.17) is 18.9 Å². The molecule has 0 amide bonds. The molecule has 1 saturated carbocycles. The van der Waals surface area contributed by atoms with Crippen LogP contribution in [0.4, 0.5) is 0 Å². The van der Waals surface area contributed by atoms with E-state index in [1.54, 1.807) is 18.2 Å². The predicted octanol–water partition coefficient (Wildman–Crippen LogP) is 2.02. The molecule has 0 saturated heterocycles. The average Bonchev–Trinajstić information content (AvgIpc) is 2.72. The average molecular weight is 390 g/mol. The van der Waals surface area contributed by atoms with Crippen molar-refractivity contribution in [2.75, 3.05) is 19.8 Å². The molecule has 1 aliphatic rings. The van der Waals surface area contributed by atoms with Crippen LogP contribution in [0.3, 0.4) is 0 Å². The van der Waals surface area contributed by atoms with E-state index >= 15 is 0 Å². The summed E-state index contributed by atoms with van der Waals surface area (Å²) in [5, 5.41) is 21.3. The normalized spacial score (nSPS) is 29.9. The molecule has 0 bridgehead atoms. The van der Waals surface area contributed by atoms with Crippen LogP contribution in [0.1, 0.15) is 5.56 Å². The molecule has 0 aromatic heterocycles. The van der Waals surface area contributed by atoms with Crippen LogP contribution in [0.25, 0.3) is 0 Å². The highest BCUT2D eigenvalue weighted by Crippen LogP contribution is 2.31. The second-order valence-corrected chi connectivity index (χ2v) is 6.50. The van der Waals surface area contributed by atoms with Crippen LogP contribution in [0, 0.1) is 0 Å². The van der Waals surface area contributed by atoms with Gasteiger partial charge in [-0.05, 0) is 5.56 Å². The van der Waals surface area contributed by atoms with Gasteiger partial charge in [0.15, 0.2) is 0 Å². The van der Waals surface area contributed by atoms with Gasteiger partial charge in [0.05, 0.1) is 26.4 Å². The first-order valence-electron chi connectivity index (χ1n) is 9.33. The van der Waals surface area contributed by atoms with E-state index in [9.17, 15) is 10.2 Å². The highest BCUT2D eigenvalue weighted by atomic mass is 16.6. The number of aliphatic hydroxyl groups is 2. The molecular formula is C22H30O6. The van der Waals surface area contributed by atoms with E-state index in [1.165, 1.54) is 0 Å². The maximum Gasteiger partial charge on any atom is 0.116 e. The van der Waals surface area contributed by atoms with E-state index in [0.717, 1.165) is 5.56 Å². The van der Waals surface area contributed by atoms with Gasteiger partial charge in [-0.2, -0.15) is 0 Å². The Bertz CT molecular complexity index is 604. The quantitative estimate of drug-likeness (QED) is 0.532. The minimum absolute atomic E-state index is 0.200. The lowest BCUT2D eigenvalue weighted by atomic mass is 9.84. The van der Waals surface area contributed by atoms with Crippen molar-refractivity contribution < 1.29 is 29.2 Å². The van der Waals surface area contributed by atoms with E-state index in [2.05, 4.69) is 19.7 Å². The molecule has 0 heterocycles. The first-order chi connectivity index (χ1) is 13.6. The van der Waals surface area contributed by atoms with Gasteiger partial charge in [-0.1, -0.05) is 48.6 Å². The Kier molecular flexibility index (Phi) is 9.57. The van der Waals surface area contributed by atoms with E-state index < -0.39 is 36.6 Å². The Hall–Kier alpha value is -1.80. The van der Waals surface area contributed by atoms with Crippen molar-refractivity contribution in [3.8, 4) is 0 Å². The Morgan fingerprint density at radius 2 is 1.11 bits per heavy atom. The summed E-state index contributed by atoms with van der Waals surface area (Å²) in [4.78, 5) is 0. The van der Waals surface area contributed by atoms with Crippen molar-refractivity contribution in [3.63, 3.8) is 0 Å². The van der Waals surface area contributed by atoms with Crippen molar-refractivity contribution in [1.82, 2.24) is 0 Å². The smallest absolute Gasteiger partial charge is 0.116 e. The molecular weight excluding hydrogens is 360 g/mol. The molecule has 154 valence electrons. The topological polar surface area (TPSA) is 77.4 Å². The first-order valence-corrected chi connectivity index (χ1v) is 9.33. The second kappa shape index (κ2) is 11.9. The summed E-state index contributed by atoms with van der Waals surface area (Å²) in [5.41, 5.74) is 0.969. The van der Waals surface area contributed by atoms with Gasteiger partial charge < -0.3 is 29.2 Å². The highest BCUT2D eigenvalue weighted by molar-refractivity contribution is 5.14. The molecule has 6 atom stereocenters. The number of ether oxygens (including phenoxy) is 4. The third-order valence-corrected chi connectivity index (χ3v) is 4.50. The predicted molar refractivity (Wildman–Crippen MR) is 107 cm³/mol. The summed E-state index contributed by atoms with van der Waals surface area (Å²) in [5.74, 6) is 0. The fourth-order valence-corrected chi connectivity index (χ4v) is 3.22. The third kappa shape index (κ3) is 5.85. The Labute approximate surface area is 166 Å². The van der Waals surface area contributed by atoms with Crippen LogP contribution >= 0.6 is 0 Å². The van der Waals surface area contributed by atoms with Gasteiger partial charge in [-0.15, -0.1) is 19.7 Å². The molecule has 2 rings (SSSR count). The number of benzene rings is 1. The molecule has 1 aliphatic carbocycles. The Balaban J connectivity index is 2.27. The zero-order chi connectivity index (χ0) is 20.4. The summed E-state index contributed by atoms with van der Waals surface area (Å²) < 4.78 is 23.5. The molecule has 6 nitrogen and oxygen atoms in total. The van der Waals surface area contributed by atoms with Crippen LogP contribution in [-0.4, -0.2) is 66.7 Å². The summed E-state index contributed by atoms with van der Waals surface area (Å²) >= 11 is 0. The third-order valence-electron chi connectivity index (χ3n) is 4.50. The van der Waals surface area contributed by atoms with Crippen molar-refractivity contribution in [2.45, 2.75) is 43.2 Å². The van der Waals surface area contributed by atoms with Gasteiger partial charge in [-0.25, -0.2) is 0 Å². The molecule has 6 heteroatoms. The Morgan fingerprint density at radius 1 is 0.679 bits per heavy atom. The van der Waals surface area contributed by atoms with Crippen molar-refractivity contribution in [3.05, 3.63) is 73.9 Å². The maximum absolute atomic E-state index is 10.7. The lowest BCUT2D eigenvalue weighted by molar-refractivity contribution is -0.262. The SMILES string of the molecule is C=CCO[C@H]1[C@H](OCc2ccccc2)[C@@H](OCC=C)[C@H](O)[C@H](O)[C@@H]1OCC=C. The van der Waals surface area contributed by atoms with E-state index in [0.29, 0.717) is 6.61 Å². The molecule has 0 unspecified atom stereocenters. The zero-order valence-corrected chi connectivity index (χ0v) is 16.1. The number of aliphatic hydroxyl groups excluding tert-OH is 2. The zero-order valence-electron chi connectivity index (χ0n) is 16.1. The molecule has 28 heavy (non-hydrogen) atoms. The molecule has 0 spiro atoms. The maximum atomic E-state index is 10.7. The minimum atomic E-state index is -1.21. The van der Waals surface area contributed by atoms with Gasteiger partial charge in [0, 0.05) is 0 Å². The molecule has 0 aliphatic heterocycles. The molecule has 1 aromatic carbocycles. The number of hydrogen-bond donors (Lipinski definition) is 2. The van der Waals surface area contributed by atoms with Crippen LogP contribution in [0.15, 0.2) is 68.3 Å². The van der Waals surface area contributed by atoms with Crippen molar-refractivity contribution >= 4 is 0 Å². The van der Waals surface area contributed by atoms with Gasteiger partial charge in [0.2, 0.25) is 0 Å². The van der Waals surface area contributed by atoms with Gasteiger partial charge in [-0.3, -0.25) is 0 Å². The largest absolute Gasteiger partial charge is 0.387 e. The first kappa shape index (κ1) is 22.5. The van der Waals surface area contributed by atoms with Crippen molar-refractivity contribution in [1.29, 1.82) is 0 Å². The fourth-order valence-electron chi connectivity index (χ4n) is 3.22. The van der Waals surface area contributed by atoms with Gasteiger partial charge in [0.1, 0.15) is 36.6 Å². The van der Waals surface area contributed by atoms with Crippen LogP contribution in [-0.2, 0) is 25.6 Å². The summed E-state index contributed by atoms with van der Waals surface area (Å²) in [6.07, 6.45) is -0.622. The molecule has 0 radical (unpaired) electrons. The standard InChI is InChI=1S/C22H30O6/c1-4-12-25-19-17(23)18(24)20(26-13-5-2)22(21(19)27-14-6-3)28-15-16-10-8-7-9-11-16/h4-11,17-24H,1-3,12-15H2/t17-,18+,19-,20-,21+,22+/m0/s1. The lowest BCUT2D eigenvalue weighted by Gasteiger charge is -2.46. The second-order valence-electron chi connectivity index (χ2n) is 6.50.